The summed E-state index contributed by atoms with van der Waals surface area (Å²) in [5.41, 5.74) is 4.66. The summed E-state index contributed by atoms with van der Waals surface area (Å²) in [4.78, 5) is 25.9. The molecule has 1 amide bonds. The molecule has 2 aromatic carbocycles. The summed E-state index contributed by atoms with van der Waals surface area (Å²) in [5, 5.41) is 13.0. The van der Waals surface area contributed by atoms with Crippen LogP contribution in [0.5, 0.6) is 0 Å². The first kappa shape index (κ1) is 20.5. The third-order valence-corrected chi connectivity index (χ3v) is 6.43. The smallest absolute Gasteiger partial charge is 0.238 e. The van der Waals surface area contributed by atoms with Crippen LogP contribution in [0.25, 0.3) is 0 Å². The first-order valence-electron chi connectivity index (χ1n) is 9.57. The van der Waals surface area contributed by atoms with Crippen molar-refractivity contribution < 1.29 is 18.0 Å². The minimum absolute atomic E-state index is 0.0504. The molecule has 2 aromatic rings. The van der Waals surface area contributed by atoms with Crippen molar-refractivity contribution in [2.45, 2.75) is 24.0 Å². The summed E-state index contributed by atoms with van der Waals surface area (Å²) in [7, 11) is -3.81. The van der Waals surface area contributed by atoms with Crippen molar-refractivity contribution in [1.29, 1.82) is 0 Å². The maximum atomic E-state index is 13.1. The van der Waals surface area contributed by atoms with Crippen LogP contribution in [0, 0.1) is 11.8 Å². The quantitative estimate of drug-likeness (QED) is 0.518. The molecule has 0 aromatic heterocycles. The Morgan fingerprint density at radius 2 is 1.80 bits per heavy atom. The molecular weight excluding hydrogens is 406 g/mol. The zero-order chi connectivity index (χ0) is 21.5. The second kappa shape index (κ2) is 7.80. The molecule has 2 fully saturated rings. The van der Waals surface area contributed by atoms with Crippen LogP contribution in [0.4, 0.5) is 11.4 Å². The number of piperidine rings is 1. The Hall–Kier alpha value is -2.79. The number of para-hydroxylation sites is 1. The van der Waals surface area contributed by atoms with E-state index in [2.05, 4.69) is 16.1 Å². The van der Waals surface area contributed by atoms with Crippen molar-refractivity contribution >= 4 is 33.1 Å². The van der Waals surface area contributed by atoms with Crippen LogP contribution in [0.2, 0.25) is 0 Å². The summed E-state index contributed by atoms with van der Waals surface area (Å²) >= 11 is 0. The van der Waals surface area contributed by atoms with E-state index in [1.165, 1.54) is 24.3 Å². The predicted molar refractivity (Wildman–Crippen MR) is 112 cm³/mol. The molecule has 9 nitrogen and oxygen atoms in total. The van der Waals surface area contributed by atoms with Gasteiger partial charge in [-0.2, -0.15) is 0 Å². The Morgan fingerprint density at radius 1 is 1.13 bits per heavy atom. The van der Waals surface area contributed by atoms with Crippen molar-refractivity contribution in [2.75, 3.05) is 16.9 Å². The Kier molecular flexibility index (Phi) is 5.33. The minimum Gasteiger partial charge on any atom is -0.325 e. The molecule has 2 saturated heterocycles. The fraction of sp³-hybridized carbons (Fsp3) is 0.300. The van der Waals surface area contributed by atoms with Gasteiger partial charge in [0.25, 0.3) is 0 Å². The lowest BCUT2D eigenvalue weighted by Crippen LogP contribution is -2.58. The number of primary sulfonamides is 1. The van der Waals surface area contributed by atoms with E-state index in [-0.39, 0.29) is 35.3 Å². The lowest BCUT2D eigenvalue weighted by atomic mass is 9.83. The van der Waals surface area contributed by atoms with Crippen LogP contribution < -0.4 is 26.2 Å². The number of nitrogens with zero attached hydrogens (tertiary/aromatic N) is 1. The molecule has 0 aliphatic carbocycles. The number of carbonyl (C=O) groups is 2. The number of benzene rings is 2. The Balaban J connectivity index is 1.47. The number of ketones is 1. The van der Waals surface area contributed by atoms with E-state index in [0.717, 1.165) is 5.69 Å². The van der Waals surface area contributed by atoms with Crippen molar-refractivity contribution in [2.24, 2.45) is 17.0 Å². The number of anilines is 2. The van der Waals surface area contributed by atoms with Crippen LogP contribution in [0.3, 0.4) is 0 Å². The maximum absolute atomic E-state index is 13.1. The highest BCUT2D eigenvalue weighted by molar-refractivity contribution is 7.89. The van der Waals surface area contributed by atoms with Gasteiger partial charge in [-0.3, -0.25) is 19.9 Å². The number of hydrogen-bond acceptors (Lipinski definition) is 7. The second-order valence-electron chi connectivity index (χ2n) is 7.52. The Morgan fingerprint density at radius 3 is 2.43 bits per heavy atom. The molecule has 5 N–H and O–H groups in total. The highest BCUT2D eigenvalue weighted by Crippen LogP contribution is 2.31. The van der Waals surface area contributed by atoms with Crippen LogP contribution in [-0.4, -0.2) is 38.9 Å². The van der Waals surface area contributed by atoms with Gasteiger partial charge in [0, 0.05) is 18.3 Å². The molecule has 0 radical (unpaired) electrons. The van der Waals surface area contributed by atoms with E-state index in [9.17, 15) is 18.0 Å². The predicted octanol–water partition coefficient (Wildman–Crippen LogP) is 0.417. The molecular formula is C20H23N5O4S. The number of rotatable bonds is 4. The molecule has 4 atom stereocenters. The Bertz CT molecular complexity index is 1060. The monoisotopic (exact) mass is 429 g/mol. The molecule has 2 aliphatic rings. The van der Waals surface area contributed by atoms with E-state index < -0.39 is 21.8 Å². The number of hydrazine groups is 1. The van der Waals surface area contributed by atoms with Gasteiger partial charge in [-0.1, -0.05) is 18.2 Å². The first-order valence-corrected chi connectivity index (χ1v) is 11.1. The number of carbonyl (C=O) groups excluding carboxylic acids is 2. The number of Topliss-reactive ketones (excluding diaryl/α,β-unsaturated/α-hetero) is 1. The van der Waals surface area contributed by atoms with Gasteiger partial charge in [-0.15, -0.1) is 0 Å². The van der Waals surface area contributed by atoms with Gasteiger partial charge in [0.15, 0.2) is 5.78 Å². The van der Waals surface area contributed by atoms with Crippen molar-refractivity contribution in [1.82, 2.24) is 10.7 Å². The third-order valence-electron chi connectivity index (χ3n) is 5.50. The molecule has 0 spiro atoms. The van der Waals surface area contributed by atoms with Crippen LogP contribution in [0.1, 0.15) is 6.92 Å². The maximum Gasteiger partial charge on any atom is 0.238 e. The Labute approximate surface area is 174 Å². The molecule has 0 saturated carbocycles. The summed E-state index contributed by atoms with van der Waals surface area (Å²) < 4.78 is 22.7. The molecule has 30 heavy (non-hydrogen) atoms. The minimum atomic E-state index is -3.81. The normalized spacial score (nSPS) is 26.3. The van der Waals surface area contributed by atoms with Crippen LogP contribution in [0.15, 0.2) is 59.5 Å². The lowest BCUT2D eigenvalue weighted by Gasteiger charge is -2.35. The van der Waals surface area contributed by atoms with Crippen molar-refractivity contribution in [3.63, 3.8) is 0 Å². The number of nitrogens with two attached hydrogens (primary N) is 1. The number of amides is 1. The fourth-order valence-electron chi connectivity index (χ4n) is 4.01. The number of sulfonamides is 1. The molecule has 2 heterocycles. The van der Waals surface area contributed by atoms with Gasteiger partial charge in [0.2, 0.25) is 15.9 Å². The van der Waals surface area contributed by atoms with Gasteiger partial charge in [0.1, 0.15) is 12.1 Å². The van der Waals surface area contributed by atoms with Crippen LogP contribution >= 0.6 is 0 Å². The summed E-state index contributed by atoms with van der Waals surface area (Å²) in [5.74, 6) is -1.79. The molecule has 10 heteroatoms. The summed E-state index contributed by atoms with van der Waals surface area (Å²) in [6.45, 7) is 2.13. The number of hydrogen-bond donors (Lipinski definition) is 4. The third kappa shape index (κ3) is 3.82. The van der Waals surface area contributed by atoms with E-state index in [0.29, 0.717) is 5.69 Å². The first-order chi connectivity index (χ1) is 14.3. The van der Waals surface area contributed by atoms with Gasteiger partial charge in [-0.25, -0.2) is 19.0 Å². The fourth-order valence-corrected chi connectivity index (χ4v) is 4.52. The molecule has 4 rings (SSSR count). The largest absolute Gasteiger partial charge is 0.325 e. The lowest BCUT2D eigenvalue weighted by molar-refractivity contribution is -0.136. The van der Waals surface area contributed by atoms with Crippen molar-refractivity contribution in [3.8, 4) is 0 Å². The van der Waals surface area contributed by atoms with E-state index in [1.54, 1.807) is 0 Å². The van der Waals surface area contributed by atoms with E-state index in [1.807, 2.05) is 42.3 Å². The average molecular weight is 430 g/mol. The standard InChI is InChI=1S/C20H23N5O4S/c1-12-17-18(26)16(11-22-19(17)25(24-12)14-5-3-2-4-6-14)20(27)23-13-7-9-15(10-8-13)30(21,28)29/h2-10,12,16-17,19,22,24H,11H2,1H3,(H,23,27)(H2,21,28,29). The molecule has 158 valence electrons. The van der Waals surface area contributed by atoms with E-state index in [4.69, 9.17) is 5.14 Å². The number of fused-ring (bicyclic) bond motifs is 1. The zero-order valence-corrected chi connectivity index (χ0v) is 17.1. The second-order valence-corrected chi connectivity index (χ2v) is 9.08. The molecule has 4 unspecified atom stereocenters. The van der Waals surface area contributed by atoms with E-state index >= 15 is 0 Å². The van der Waals surface area contributed by atoms with Gasteiger partial charge < -0.3 is 5.32 Å². The van der Waals surface area contributed by atoms with Crippen molar-refractivity contribution in [3.05, 3.63) is 54.6 Å². The molecule has 2 aliphatic heterocycles. The van der Waals surface area contributed by atoms with Gasteiger partial charge in [-0.05, 0) is 43.3 Å². The van der Waals surface area contributed by atoms with Gasteiger partial charge in [0.05, 0.1) is 16.5 Å². The van der Waals surface area contributed by atoms with Crippen LogP contribution in [-0.2, 0) is 19.6 Å². The topological polar surface area (TPSA) is 134 Å². The average Bonchev–Trinajstić information content (AvgIpc) is 3.06. The summed E-state index contributed by atoms with van der Waals surface area (Å²) in [6, 6.07) is 15.1. The zero-order valence-electron chi connectivity index (χ0n) is 16.3. The van der Waals surface area contributed by atoms with Gasteiger partial charge >= 0.3 is 0 Å². The number of nitrogens with one attached hydrogen (secondary N) is 3. The SMILES string of the molecule is CC1NN(c2ccccc2)C2NCC(C(=O)Nc3ccc(S(N)(=O)=O)cc3)C(=O)C12. The molecule has 0 bridgehead atoms. The summed E-state index contributed by atoms with van der Waals surface area (Å²) in [6.07, 6.45) is -0.243. The highest BCUT2D eigenvalue weighted by Gasteiger charge is 2.50. The highest BCUT2D eigenvalue weighted by atomic mass is 32.2.